The highest BCUT2D eigenvalue weighted by molar-refractivity contribution is 7.80. The number of imidazole rings is 1. The average molecular weight is 392 g/mol. The van der Waals surface area contributed by atoms with E-state index in [4.69, 9.17) is 21.7 Å². The number of hydrogen-bond acceptors (Lipinski definition) is 6. The summed E-state index contributed by atoms with van der Waals surface area (Å²) in [4.78, 5) is 24.0. The quantitative estimate of drug-likeness (QED) is 0.460. The van der Waals surface area contributed by atoms with Crippen molar-refractivity contribution in [3.8, 4) is 5.88 Å². The first-order valence-electron chi connectivity index (χ1n) is 8.81. The van der Waals surface area contributed by atoms with Crippen LogP contribution in [0.25, 0.3) is 11.0 Å². The summed E-state index contributed by atoms with van der Waals surface area (Å²) in [5.41, 5.74) is 7.56. The first-order chi connectivity index (χ1) is 13.0. The summed E-state index contributed by atoms with van der Waals surface area (Å²) in [6, 6.07) is 1.84. The second kappa shape index (κ2) is 8.49. The van der Waals surface area contributed by atoms with Crippen LogP contribution in [0.3, 0.4) is 0 Å². The maximum atomic E-state index is 12.3. The molecule has 0 spiro atoms. The Bertz CT molecular complexity index is 831. The van der Waals surface area contributed by atoms with Crippen LogP contribution < -0.4 is 20.9 Å². The van der Waals surface area contributed by atoms with Crippen molar-refractivity contribution >= 4 is 40.2 Å². The van der Waals surface area contributed by atoms with Crippen molar-refractivity contribution in [3.05, 3.63) is 11.8 Å². The SMILES string of the molecule is COc1nc(C)cc2nc(NC(=S)NNC(=O)C3CCC(OC)CC3)[nH]c12. The molecule has 4 N–H and O–H groups in total. The molecule has 0 atom stereocenters. The number of aromatic nitrogens is 3. The number of ether oxygens (including phenoxy) is 2. The van der Waals surface area contributed by atoms with Gasteiger partial charge in [0.05, 0.1) is 18.7 Å². The molecule has 3 rings (SSSR count). The Balaban J connectivity index is 1.53. The number of hydrogen-bond donors (Lipinski definition) is 4. The zero-order chi connectivity index (χ0) is 19.4. The van der Waals surface area contributed by atoms with Crippen LogP contribution in [0.15, 0.2) is 6.07 Å². The van der Waals surface area contributed by atoms with Gasteiger partial charge >= 0.3 is 0 Å². The number of anilines is 1. The monoisotopic (exact) mass is 392 g/mol. The zero-order valence-corrected chi connectivity index (χ0v) is 16.4. The molecule has 2 aromatic rings. The van der Waals surface area contributed by atoms with E-state index in [9.17, 15) is 4.79 Å². The Labute approximate surface area is 162 Å². The molecule has 2 heterocycles. The van der Waals surface area contributed by atoms with Crippen LogP contribution in [0.2, 0.25) is 0 Å². The van der Waals surface area contributed by atoms with Crippen molar-refractivity contribution in [2.75, 3.05) is 19.5 Å². The second-order valence-electron chi connectivity index (χ2n) is 6.53. The van der Waals surface area contributed by atoms with Gasteiger partial charge in [-0.15, -0.1) is 0 Å². The van der Waals surface area contributed by atoms with Gasteiger partial charge in [-0.3, -0.25) is 15.6 Å². The molecule has 1 amide bonds. The highest BCUT2D eigenvalue weighted by Crippen LogP contribution is 2.26. The number of hydrazine groups is 1. The van der Waals surface area contributed by atoms with E-state index in [2.05, 4.69) is 31.1 Å². The van der Waals surface area contributed by atoms with Gasteiger partial charge in [0.1, 0.15) is 5.52 Å². The molecule has 0 saturated heterocycles. The van der Waals surface area contributed by atoms with E-state index in [-0.39, 0.29) is 23.0 Å². The standard InChI is InChI=1S/C17H24N6O3S/c1-9-8-12-13(15(18-9)26-3)20-16(19-12)21-17(27)23-22-14(24)10-4-6-11(25-2)7-5-10/h8,10-11H,4-7H2,1-3H3,(H,22,24)(H3,19,20,21,23,27). The number of thiocarbonyl (C=S) groups is 1. The van der Waals surface area contributed by atoms with E-state index < -0.39 is 0 Å². The molecular weight excluding hydrogens is 368 g/mol. The van der Waals surface area contributed by atoms with E-state index >= 15 is 0 Å². The van der Waals surface area contributed by atoms with E-state index in [0.717, 1.165) is 31.4 Å². The fourth-order valence-corrected chi connectivity index (χ4v) is 3.37. The summed E-state index contributed by atoms with van der Waals surface area (Å²) in [5.74, 6) is 0.795. The third-order valence-corrected chi connectivity index (χ3v) is 4.88. The first-order valence-corrected chi connectivity index (χ1v) is 9.22. The number of aryl methyl sites for hydroxylation is 1. The number of nitrogens with zero attached hydrogens (tertiary/aromatic N) is 2. The molecule has 0 radical (unpaired) electrons. The highest BCUT2D eigenvalue weighted by atomic mass is 32.1. The molecule has 9 nitrogen and oxygen atoms in total. The molecule has 1 aliphatic rings. The molecule has 1 saturated carbocycles. The normalized spacial score (nSPS) is 19.5. The molecule has 0 bridgehead atoms. The lowest BCUT2D eigenvalue weighted by Gasteiger charge is -2.26. The number of rotatable bonds is 4. The van der Waals surface area contributed by atoms with Crippen molar-refractivity contribution in [1.29, 1.82) is 0 Å². The molecule has 1 fully saturated rings. The molecular formula is C17H24N6O3S. The van der Waals surface area contributed by atoms with Gasteiger partial charge in [-0.1, -0.05) is 0 Å². The number of methoxy groups -OCH3 is 2. The molecule has 27 heavy (non-hydrogen) atoms. The van der Waals surface area contributed by atoms with Crippen LogP contribution in [-0.2, 0) is 9.53 Å². The van der Waals surface area contributed by atoms with Crippen LogP contribution in [0.1, 0.15) is 31.4 Å². The topological polar surface area (TPSA) is 113 Å². The Morgan fingerprint density at radius 1 is 1.22 bits per heavy atom. The lowest BCUT2D eigenvalue weighted by atomic mass is 9.87. The fraction of sp³-hybridized carbons (Fsp3) is 0.529. The largest absolute Gasteiger partial charge is 0.479 e. The predicted octanol–water partition coefficient (Wildman–Crippen LogP) is 1.80. The Hall–Kier alpha value is -2.46. The number of carbonyl (C=O) groups excluding carboxylic acids is 1. The summed E-state index contributed by atoms with van der Waals surface area (Å²) in [6.07, 6.45) is 3.66. The van der Waals surface area contributed by atoms with Gasteiger partial charge in [0.2, 0.25) is 17.7 Å². The van der Waals surface area contributed by atoms with E-state index in [1.54, 1.807) is 14.2 Å². The third-order valence-electron chi connectivity index (χ3n) is 4.67. The van der Waals surface area contributed by atoms with Crippen molar-refractivity contribution in [2.45, 2.75) is 38.7 Å². The van der Waals surface area contributed by atoms with Crippen LogP contribution in [0.5, 0.6) is 5.88 Å². The Kier molecular flexibility index (Phi) is 6.07. The molecule has 146 valence electrons. The molecule has 0 aromatic carbocycles. The van der Waals surface area contributed by atoms with Crippen LogP contribution in [0.4, 0.5) is 5.95 Å². The lowest BCUT2D eigenvalue weighted by Crippen LogP contribution is -2.47. The summed E-state index contributed by atoms with van der Waals surface area (Å²) >= 11 is 5.22. The molecule has 10 heteroatoms. The third kappa shape index (κ3) is 4.64. The zero-order valence-electron chi connectivity index (χ0n) is 15.6. The Morgan fingerprint density at radius 2 is 1.96 bits per heavy atom. The number of H-pyrrole nitrogens is 1. The predicted molar refractivity (Wildman–Crippen MR) is 105 cm³/mol. The number of amides is 1. The fourth-order valence-electron chi connectivity index (χ4n) is 3.23. The highest BCUT2D eigenvalue weighted by Gasteiger charge is 2.26. The minimum absolute atomic E-state index is 0.0313. The number of aromatic amines is 1. The number of carbonyl (C=O) groups is 1. The second-order valence-corrected chi connectivity index (χ2v) is 6.94. The van der Waals surface area contributed by atoms with Crippen LogP contribution in [0, 0.1) is 12.8 Å². The van der Waals surface area contributed by atoms with E-state index in [0.29, 0.717) is 22.9 Å². The summed E-state index contributed by atoms with van der Waals surface area (Å²) in [6.45, 7) is 1.87. The van der Waals surface area contributed by atoms with Crippen LogP contribution in [-0.4, -0.2) is 46.3 Å². The van der Waals surface area contributed by atoms with E-state index in [1.165, 1.54) is 0 Å². The van der Waals surface area contributed by atoms with Crippen LogP contribution >= 0.6 is 12.2 Å². The lowest BCUT2D eigenvalue weighted by molar-refractivity contribution is -0.127. The van der Waals surface area contributed by atoms with Crippen molar-refractivity contribution in [2.24, 2.45) is 5.92 Å². The van der Waals surface area contributed by atoms with Crippen molar-refractivity contribution < 1.29 is 14.3 Å². The number of nitrogens with one attached hydrogen (secondary N) is 4. The van der Waals surface area contributed by atoms with E-state index in [1.807, 2.05) is 13.0 Å². The molecule has 2 aromatic heterocycles. The smallest absolute Gasteiger partial charge is 0.241 e. The maximum absolute atomic E-state index is 12.3. The minimum atomic E-state index is -0.0696. The van der Waals surface area contributed by atoms with Gasteiger partial charge in [0.25, 0.3) is 0 Å². The number of pyridine rings is 1. The molecule has 0 unspecified atom stereocenters. The average Bonchev–Trinajstić information content (AvgIpc) is 3.07. The van der Waals surface area contributed by atoms with Gasteiger partial charge in [0, 0.05) is 18.7 Å². The van der Waals surface area contributed by atoms with Gasteiger partial charge in [-0.2, -0.15) is 0 Å². The van der Waals surface area contributed by atoms with Gasteiger partial charge in [-0.05, 0) is 50.9 Å². The Morgan fingerprint density at radius 3 is 2.63 bits per heavy atom. The maximum Gasteiger partial charge on any atom is 0.241 e. The number of fused-ring (bicyclic) bond motifs is 1. The first kappa shape index (κ1) is 19.3. The summed E-state index contributed by atoms with van der Waals surface area (Å²) in [7, 11) is 3.26. The van der Waals surface area contributed by atoms with Crippen molar-refractivity contribution in [3.63, 3.8) is 0 Å². The summed E-state index contributed by atoms with van der Waals surface area (Å²) < 4.78 is 10.6. The summed E-state index contributed by atoms with van der Waals surface area (Å²) in [5, 5.41) is 3.15. The van der Waals surface area contributed by atoms with Gasteiger partial charge in [0.15, 0.2) is 5.11 Å². The van der Waals surface area contributed by atoms with Gasteiger partial charge < -0.3 is 19.8 Å². The molecule has 1 aliphatic carbocycles. The van der Waals surface area contributed by atoms with Crippen molar-refractivity contribution in [1.82, 2.24) is 25.8 Å². The van der Waals surface area contributed by atoms with Gasteiger partial charge in [-0.25, -0.2) is 9.97 Å². The molecule has 0 aliphatic heterocycles. The minimum Gasteiger partial charge on any atom is -0.479 e.